The zero-order chi connectivity index (χ0) is 19.8. The number of benzene rings is 1. The molecule has 4 N–H and O–H groups in total. The van der Waals surface area contributed by atoms with Gasteiger partial charge in [-0.2, -0.15) is 0 Å². The fourth-order valence-corrected chi connectivity index (χ4v) is 4.37. The predicted octanol–water partition coefficient (Wildman–Crippen LogP) is 0.691. The summed E-state index contributed by atoms with van der Waals surface area (Å²) in [5.74, 6) is 0.707. The van der Waals surface area contributed by atoms with Gasteiger partial charge in [-0.05, 0) is 44.0 Å². The second-order valence-electron chi connectivity index (χ2n) is 6.15. The van der Waals surface area contributed by atoms with Gasteiger partial charge in [0, 0.05) is 28.8 Å². The molecule has 0 radical (unpaired) electrons. The molecule has 144 valence electrons. The summed E-state index contributed by atoms with van der Waals surface area (Å²) in [4.78, 5) is 30.1. The van der Waals surface area contributed by atoms with Crippen molar-refractivity contribution in [1.82, 2.24) is 19.7 Å². The largest absolute Gasteiger partial charge is 0.497 e. The summed E-state index contributed by atoms with van der Waals surface area (Å²) < 4.78 is 32.6. The third-order valence-electron chi connectivity index (χ3n) is 4.34. The maximum Gasteiger partial charge on any atom is 0.325 e. The lowest BCUT2D eigenvalue weighted by Gasteiger charge is -2.08. The van der Waals surface area contributed by atoms with Crippen LogP contribution in [-0.2, 0) is 16.4 Å². The van der Waals surface area contributed by atoms with Crippen molar-refractivity contribution in [2.75, 3.05) is 13.7 Å². The van der Waals surface area contributed by atoms with Crippen molar-refractivity contribution in [2.45, 2.75) is 25.2 Å². The van der Waals surface area contributed by atoms with E-state index in [0.717, 1.165) is 22.2 Å². The van der Waals surface area contributed by atoms with Gasteiger partial charge in [-0.25, -0.2) is 17.9 Å². The van der Waals surface area contributed by atoms with Gasteiger partial charge in [-0.1, -0.05) is 0 Å². The van der Waals surface area contributed by atoms with E-state index in [4.69, 9.17) is 4.74 Å². The number of hydrogen-bond donors (Lipinski definition) is 4. The van der Waals surface area contributed by atoms with E-state index in [1.54, 1.807) is 7.11 Å². The minimum atomic E-state index is -4.07. The molecule has 0 aliphatic carbocycles. The van der Waals surface area contributed by atoms with E-state index in [9.17, 15) is 18.0 Å². The van der Waals surface area contributed by atoms with Gasteiger partial charge in [-0.15, -0.1) is 0 Å². The Bertz CT molecular complexity index is 1220. The number of methoxy groups -OCH3 is 1. The lowest BCUT2D eigenvalue weighted by Crippen LogP contribution is -2.35. The molecule has 1 aromatic carbocycles. The number of rotatable bonds is 6. The van der Waals surface area contributed by atoms with Crippen LogP contribution in [0.25, 0.3) is 10.9 Å². The smallest absolute Gasteiger partial charge is 0.325 e. The van der Waals surface area contributed by atoms with Gasteiger partial charge in [0.15, 0.2) is 4.90 Å². The molecule has 3 rings (SSSR count). The van der Waals surface area contributed by atoms with Crippen LogP contribution in [0.5, 0.6) is 5.75 Å². The summed E-state index contributed by atoms with van der Waals surface area (Å²) in [6.45, 7) is 3.36. The molecule has 0 saturated heterocycles. The Labute approximate surface area is 154 Å². The Morgan fingerprint density at radius 3 is 2.48 bits per heavy atom. The molecular formula is C17H20N4O5S. The summed E-state index contributed by atoms with van der Waals surface area (Å²) in [6, 6.07) is 5.63. The van der Waals surface area contributed by atoms with E-state index >= 15 is 0 Å². The second kappa shape index (κ2) is 7.05. The molecule has 2 heterocycles. The molecule has 0 unspecified atom stereocenters. The van der Waals surface area contributed by atoms with Gasteiger partial charge in [0.25, 0.3) is 5.56 Å². The highest BCUT2D eigenvalue weighted by atomic mass is 32.2. The van der Waals surface area contributed by atoms with Gasteiger partial charge >= 0.3 is 5.69 Å². The summed E-state index contributed by atoms with van der Waals surface area (Å²) in [7, 11) is -2.49. The third-order valence-corrected chi connectivity index (χ3v) is 5.95. The Balaban J connectivity index is 1.84. The van der Waals surface area contributed by atoms with Crippen LogP contribution in [0.1, 0.15) is 17.0 Å². The van der Waals surface area contributed by atoms with Crippen molar-refractivity contribution in [3.05, 3.63) is 56.0 Å². The minimum Gasteiger partial charge on any atom is -0.497 e. The Morgan fingerprint density at radius 1 is 1.07 bits per heavy atom. The molecule has 9 nitrogen and oxygen atoms in total. The van der Waals surface area contributed by atoms with Crippen LogP contribution in [0.3, 0.4) is 0 Å². The Morgan fingerprint density at radius 2 is 1.81 bits per heavy atom. The van der Waals surface area contributed by atoms with Gasteiger partial charge < -0.3 is 14.7 Å². The molecule has 2 aromatic heterocycles. The first kappa shape index (κ1) is 18.9. The normalized spacial score (nSPS) is 11.8. The molecule has 0 saturated carbocycles. The molecule has 3 aromatic rings. The molecule has 0 fully saturated rings. The molecule has 27 heavy (non-hydrogen) atoms. The molecular weight excluding hydrogens is 372 g/mol. The summed E-state index contributed by atoms with van der Waals surface area (Å²) in [5.41, 5.74) is 1.11. The van der Waals surface area contributed by atoms with Crippen LogP contribution in [-0.4, -0.2) is 37.0 Å². The SMILES string of the molecule is COc1ccc2[nH]c(C)c(CCNS(=O)(=O)c3c(C)[nH]c(=O)[nH]c3=O)c2c1. The van der Waals surface area contributed by atoms with Crippen LogP contribution in [0.15, 0.2) is 32.7 Å². The number of H-pyrrole nitrogens is 3. The van der Waals surface area contributed by atoms with Gasteiger partial charge in [-0.3, -0.25) is 9.78 Å². The first-order chi connectivity index (χ1) is 12.7. The maximum absolute atomic E-state index is 12.5. The van der Waals surface area contributed by atoms with Gasteiger partial charge in [0.2, 0.25) is 10.0 Å². The molecule has 0 atom stereocenters. The van der Waals surface area contributed by atoms with E-state index in [-0.39, 0.29) is 12.2 Å². The molecule has 0 aliphatic rings. The minimum absolute atomic E-state index is 0.00994. The lowest BCUT2D eigenvalue weighted by molar-refractivity contribution is 0.415. The Hall–Kier alpha value is -2.85. The van der Waals surface area contributed by atoms with Crippen molar-refractivity contribution < 1.29 is 13.2 Å². The first-order valence-electron chi connectivity index (χ1n) is 8.21. The number of aromatic amines is 3. The van der Waals surface area contributed by atoms with E-state index in [0.29, 0.717) is 12.2 Å². The van der Waals surface area contributed by atoms with E-state index in [2.05, 4.69) is 14.7 Å². The number of sulfonamides is 1. The molecule has 0 spiro atoms. The van der Waals surface area contributed by atoms with E-state index < -0.39 is 26.2 Å². The average Bonchev–Trinajstić information content (AvgIpc) is 2.88. The summed E-state index contributed by atoms with van der Waals surface area (Å²) in [5, 5.41) is 0.948. The van der Waals surface area contributed by atoms with Crippen molar-refractivity contribution in [2.24, 2.45) is 0 Å². The van der Waals surface area contributed by atoms with E-state index in [1.165, 1.54) is 6.92 Å². The number of aromatic nitrogens is 3. The highest BCUT2D eigenvalue weighted by molar-refractivity contribution is 7.89. The lowest BCUT2D eigenvalue weighted by atomic mass is 10.1. The third kappa shape index (κ3) is 3.67. The number of aryl methyl sites for hydroxylation is 2. The highest BCUT2D eigenvalue weighted by Crippen LogP contribution is 2.26. The predicted molar refractivity (Wildman–Crippen MR) is 101 cm³/mol. The van der Waals surface area contributed by atoms with Crippen LogP contribution in [0.2, 0.25) is 0 Å². The molecule has 0 bridgehead atoms. The molecule has 0 aliphatic heterocycles. The van der Waals surface area contributed by atoms with Crippen LogP contribution in [0, 0.1) is 13.8 Å². The summed E-state index contributed by atoms with van der Waals surface area (Å²) >= 11 is 0. The second-order valence-corrected chi connectivity index (χ2v) is 7.85. The topological polar surface area (TPSA) is 137 Å². The number of fused-ring (bicyclic) bond motifs is 1. The maximum atomic E-state index is 12.5. The fraction of sp³-hybridized carbons (Fsp3) is 0.294. The monoisotopic (exact) mass is 392 g/mol. The van der Waals surface area contributed by atoms with Gasteiger partial charge in [0.05, 0.1) is 7.11 Å². The molecule has 10 heteroatoms. The summed E-state index contributed by atoms with van der Waals surface area (Å²) in [6.07, 6.45) is 0.415. The van der Waals surface area contributed by atoms with Crippen molar-refractivity contribution >= 4 is 20.9 Å². The standard InChI is InChI=1S/C17H20N4O5S/c1-9-12(13-8-11(26-3)4-5-14(13)19-9)6-7-18-27(24,25)15-10(2)20-17(23)21-16(15)22/h4-5,8,18-19H,6-7H2,1-3H3,(H2,20,21,22,23). The van der Waals surface area contributed by atoms with Crippen LogP contribution in [0.4, 0.5) is 0 Å². The van der Waals surface area contributed by atoms with Crippen LogP contribution < -0.4 is 20.7 Å². The number of ether oxygens (including phenoxy) is 1. The zero-order valence-corrected chi connectivity index (χ0v) is 15.9. The Kier molecular flexibility index (Phi) is 4.94. The van der Waals surface area contributed by atoms with E-state index in [1.807, 2.05) is 30.1 Å². The van der Waals surface area contributed by atoms with Crippen molar-refractivity contribution in [3.8, 4) is 5.75 Å². The average molecular weight is 392 g/mol. The first-order valence-corrected chi connectivity index (χ1v) is 9.69. The van der Waals surface area contributed by atoms with Crippen LogP contribution >= 0.6 is 0 Å². The van der Waals surface area contributed by atoms with Gasteiger partial charge in [0.1, 0.15) is 5.75 Å². The van der Waals surface area contributed by atoms with Crippen molar-refractivity contribution in [1.29, 1.82) is 0 Å². The fourth-order valence-electron chi connectivity index (χ4n) is 3.11. The zero-order valence-electron chi connectivity index (χ0n) is 15.1. The number of nitrogens with one attached hydrogen (secondary N) is 4. The van der Waals surface area contributed by atoms with Crippen molar-refractivity contribution in [3.63, 3.8) is 0 Å². The quantitative estimate of drug-likeness (QED) is 0.489. The number of hydrogen-bond acceptors (Lipinski definition) is 5. The molecule has 0 amide bonds. The highest BCUT2D eigenvalue weighted by Gasteiger charge is 2.22.